The van der Waals surface area contributed by atoms with Crippen LogP contribution in [0.1, 0.15) is 63.1 Å². The van der Waals surface area contributed by atoms with Gasteiger partial charge in [-0.3, -0.25) is 4.98 Å². The van der Waals surface area contributed by atoms with Gasteiger partial charge >= 0.3 is 0 Å². The van der Waals surface area contributed by atoms with Gasteiger partial charge in [0.15, 0.2) is 0 Å². The lowest BCUT2D eigenvalue weighted by atomic mass is 9.83. The molecule has 1 unspecified atom stereocenters. The van der Waals surface area contributed by atoms with Gasteiger partial charge in [-0.05, 0) is 55.0 Å². The summed E-state index contributed by atoms with van der Waals surface area (Å²) in [5, 5.41) is 10.2. The van der Waals surface area contributed by atoms with Crippen molar-refractivity contribution in [3.05, 3.63) is 46.1 Å². The largest absolute Gasteiger partial charge is 0.507 e. The molecule has 0 saturated carbocycles. The summed E-state index contributed by atoms with van der Waals surface area (Å²) < 4.78 is 0.883. The molecule has 1 aliphatic rings. The van der Waals surface area contributed by atoms with Crippen molar-refractivity contribution in [2.75, 3.05) is 0 Å². The number of aryl methyl sites for hydroxylation is 1. The average molecular weight is 402 g/mol. The first kappa shape index (κ1) is 18.4. The van der Waals surface area contributed by atoms with Crippen LogP contribution in [0.2, 0.25) is 0 Å². The average Bonchev–Trinajstić information content (AvgIpc) is 2.61. The van der Waals surface area contributed by atoms with E-state index < -0.39 is 0 Å². The Morgan fingerprint density at radius 3 is 2.76 bits per heavy atom. The lowest BCUT2D eigenvalue weighted by Crippen LogP contribution is -2.15. The Kier molecular flexibility index (Phi) is 6.52. The number of rotatable bonds is 7. The molecule has 3 heteroatoms. The Balaban J connectivity index is 1.63. The summed E-state index contributed by atoms with van der Waals surface area (Å²) in [6, 6.07) is 9.89. The van der Waals surface area contributed by atoms with Gasteiger partial charge in [-0.1, -0.05) is 67.4 Å². The fourth-order valence-electron chi connectivity index (χ4n) is 3.84. The minimum absolute atomic E-state index is 0.280. The van der Waals surface area contributed by atoms with Gasteiger partial charge < -0.3 is 5.11 Å². The minimum Gasteiger partial charge on any atom is -0.507 e. The predicted molar refractivity (Wildman–Crippen MR) is 108 cm³/mol. The molecule has 1 atom stereocenters. The molecule has 0 amide bonds. The highest BCUT2D eigenvalue weighted by molar-refractivity contribution is 9.10. The van der Waals surface area contributed by atoms with Crippen molar-refractivity contribution in [2.45, 2.75) is 64.7 Å². The lowest BCUT2D eigenvalue weighted by molar-refractivity contribution is 0.401. The van der Waals surface area contributed by atoms with Crippen LogP contribution in [-0.4, -0.2) is 10.1 Å². The summed E-state index contributed by atoms with van der Waals surface area (Å²) in [7, 11) is 0. The van der Waals surface area contributed by atoms with Crippen LogP contribution >= 0.6 is 15.9 Å². The lowest BCUT2D eigenvalue weighted by Gasteiger charge is -2.24. The van der Waals surface area contributed by atoms with E-state index in [9.17, 15) is 5.11 Å². The Labute approximate surface area is 159 Å². The highest BCUT2D eigenvalue weighted by atomic mass is 79.9. The van der Waals surface area contributed by atoms with E-state index in [1.54, 1.807) is 6.07 Å². The van der Waals surface area contributed by atoms with Gasteiger partial charge in [0.2, 0.25) is 0 Å². The van der Waals surface area contributed by atoms with Gasteiger partial charge in [0.25, 0.3) is 0 Å². The first-order valence-electron chi connectivity index (χ1n) is 9.65. The van der Waals surface area contributed by atoms with Gasteiger partial charge in [0.05, 0.1) is 5.69 Å². The Bertz CT molecular complexity index is 713. The van der Waals surface area contributed by atoms with Crippen molar-refractivity contribution in [3.63, 3.8) is 0 Å². The number of halogens is 1. The number of hydrogen-bond donors (Lipinski definition) is 1. The van der Waals surface area contributed by atoms with Crippen molar-refractivity contribution in [2.24, 2.45) is 5.92 Å². The fraction of sp³-hybridized carbons (Fsp3) is 0.500. The number of hydrogen-bond acceptors (Lipinski definition) is 2. The maximum atomic E-state index is 10.2. The third-order valence-electron chi connectivity index (χ3n) is 5.32. The summed E-state index contributed by atoms with van der Waals surface area (Å²) in [5.74, 6) is 1.10. The second-order valence-corrected chi connectivity index (χ2v) is 8.19. The number of pyridine rings is 1. The van der Waals surface area contributed by atoms with Crippen LogP contribution in [0.3, 0.4) is 0 Å². The van der Waals surface area contributed by atoms with Gasteiger partial charge in [-0.15, -0.1) is 0 Å². The number of nitrogens with zero attached hydrogens (tertiary/aromatic N) is 1. The van der Waals surface area contributed by atoms with E-state index in [0.717, 1.165) is 28.1 Å². The molecule has 1 aliphatic carbocycles. The molecule has 0 aliphatic heterocycles. The van der Waals surface area contributed by atoms with Gasteiger partial charge in [-0.2, -0.15) is 0 Å². The summed E-state index contributed by atoms with van der Waals surface area (Å²) >= 11 is 3.39. The van der Waals surface area contributed by atoms with Gasteiger partial charge in [-0.25, -0.2) is 0 Å². The van der Waals surface area contributed by atoms with Crippen molar-refractivity contribution in [1.82, 2.24) is 4.98 Å². The van der Waals surface area contributed by atoms with Crippen molar-refractivity contribution in [3.8, 4) is 17.0 Å². The highest BCUT2D eigenvalue weighted by Crippen LogP contribution is 2.34. The zero-order valence-electron chi connectivity index (χ0n) is 15.1. The quantitative estimate of drug-likeness (QED) is 0.524. The summed E-state index contributed by atoms with van der Waals surface area (Å²) in [6.07, 6.45) is 11.7. The first-order valence-corrected chi connectivity index (χ1v) is 10.4. The van der Waals surface area contributed by atoms with E-state index in [1.807, 2.05) is 12.1 Å². The number of phenolic OH excluding ortho intramolecular Hbond substituents is 1. The Morgan fingerprint density at radius 2 is 1.96 bits per heavy atom. The van der Waals surface area contributed by atoms with E-state index in [4.69, 9.17) is 4.98 Å². The third-order valence-corrected chi connectivity index (χ3v) is 5.81. The van der Waals surface area contributed by atoms with Crippen LogP contribution in [0.25, 0.3) is 11.3 Å². The highest BCUT2D eigenvalue weighted by Gasteiger charge is 2.20. The molecular formula is C22H28BrNO. The van der Waals surface area contributed by atoms with E-state index in [-0.39, 0.29) is 5.75 Å². The van der Waals surface area contributed by atoms with Crippen LogP contribution in [0.15, 0.2) is 34.8 Å². The van der Waals surface area contributed by atoms with Crippen molar-refractivity contribution < 1.29 is 5.11 Å². The number of fused-ring (bicyclic) bond motifs is 1. The maximum Gasteiger partial charge on any atom is 0.126 e. The van der Waals surface area contributed by atoms with E-state index in [1.165, 1.54) is 62.6 Å². The molecule has 1 N–H and O–H groups in total. The van der Waals surface area contributed by atoms with Gasteiger partial charge in [0, 0.05) is 15.7 Å². The number of aromatic nitrogens is 1. The molecule has 0 radical (unpaired) electrons. The van der Waals surface area contributed by atoms with E-state index in [2.05, 4.69) is 35.0 Å². The maximum absolute atomic E-state index is 10.2. The molecule has 0 saturated heterocycles. The molecule has 2 aromatic rings. The first-order chi connectivity index (χ1) is 12.2. The molecule has 0 bridgehead atoms. The zero-order valence-corrected chi connectivity index (χ0v) is 16.7. The predicted octanol–water partition coefficient (Wildman–Crippen LogP) is 6.68. The molecular weight excluding hydrogens is 374 g/mol. The monoisotopic (exact) mass is 401 g/mol. The second kappa shape index (κ2) is 8.84. The van der Waals surface area contributed by atoms with E-state index >= 15 is 0 Å². The zero-order chi connectivity index (χ0) is 17.6. The second-order valence-electron chi connectivity index (χ2n) is 7.28. The SMILES string of the molecule is CCCCCCCC1CCc2nc(-c3ccc(Br)cc3O)ccc2C1. The fourth-order valence-corrected chi connectivity index (χ4v) is 4.19. The van der Waals surface area contributed by atoms with Crippen molar-refractivity contribution in [1.29, 1.82) is 0 Å². The number of benzene rings is 1. The topological polar surface area (TPSA) is 33.1 Å². The third kappa shape index (κ3) is 4.84. The van der Waals surface area contributed by atoms with Crippen LogP contribution in [0.5, 0.6) is 5.75 Å². The number of phenols is 1. The molecule has 3 rings (SSSR count). The molecule has 25 heavy (non-hydrogen) atoms. The standard InChI is InChI=1S/C22H28BrNO/c1-2-3-4-5-6-7-16-8-12-20-17(14-16)9-13-21(24-20)19-11-10-18(23)15-22(19)25/h9-11,13,15-16,25H,2-8,12,14H2,1H3. The van der Waals surface area contributed by atoms with Crippen LogP contribution in [0.4, 0.5) is 0 Å². The minimum atomic E-state index is 0.280. The van der Waals surface area contributed by atoms with Gasteiger partial charge in [0.1, 0.15) is 5.75 Å². The number of aromatic hydroxyl groups is 1. The van der Waals surface area contributed by atoms with Crippen LogP contribution in [0, 0.1) is 5.92 Å². The van der Waals surface area contributed by atoms with Crippen LogP contribution in [-0.2, 0) is 12.8 Å². The normalized spacial score (nSPS) is 16.6. The summed E-state index contributed by atoms with van der Waals surface area (Å²) in [4.78, 5) is 4.85. The van der Waals surface area contributed by atoms with Crippen LogP contribution < -0.4 is 0 Å². The Morgan fingerprint density at radius 1 is 1.12 bits per heavy atom. The van der Waals surface area contributed by atoms with E-state index in [0.29, 0.717) is 0 Å². The summed E-state index contributed by atoms with van der Waals surface area (Å²) in [5.41, 5.74) is 4.32. The molecule has 0 spiro atoms. The molecule has 1 heterocycles. The Hall–Kier alpha value is -1.35. The van der Waals surface area contributed by atoms with Crippen molar-refractivity contribution >= 4 is 15.9 Å². The molecule has 134 valence electrons. The molecule has 1 aromatic carbocycles. The molecule has 0 fully saturated rings. The molecule has 2 nitrogen and oxygen atoms in total. The number of unbranched alkanes of at least 4 members (excludes halogenated alkanes) is 4. The summed E-state index contributed by atoms with van der Waals surface area (Å²) in [6.45, 7) is 2.27. The smallest absolute Gasteiger partial charge is 0.126 e. The molecule has 1 aromatic heterocycles.